The van der Waals surface area contributed by atoms with Gasteiger partial charge < -0.3 is 15.2 Å². The molecular weight excluding hydrogens is 414 g/mol. The zero-order chi connectivity index (χ0) is 22.4. The number of carbonyl (C=O) groups excluding carboxylic acids is 2. The molecule has 32 heavy (non-hydrogen) atoms. The van der Waals surface area contributed by atoms with E-state index in [1.807, 2.05) is 6.07 Å². The second kappa shape index (κ2) is 7.49. The number of oxime groups is 1. The number of aromatic nitrogens is 4. The number of nitrogens with one attached hydrogen (secondary N) is 2. The number of imidazole rings is 2. The summed E-state index contributed by atoms with van der Waals surface area (Å²) in [6, 6.07) is 10.5. The Labute approximate surface area is 179 Å². The van der Waals surface area contributed by atoms with E-state index in [1.165, 1.54) is 4.57 Å². The summed E-state index contributed by atoms with van der Waals surface area (Å²) in [5.41, 5.74) is 3.51. The molecule has 0 saturated carbocycles. The number of carbonyl (C=O) groups is 2. The molecule has 0 fully saturated rings. The van der Waals surface area contributed by atoms with Crippen LogP contribution >= 0.6 is 0 Å². The molecule has 10 nitrogen and oxygen atoms in total. The highest BCUT2D eigenvalue weighted by atomic mass is 16.4. The average molecular weight is 433 g/mol. The Morgan fingerprint density at radius 3 is 2.03 bits per heavy atom. The molecule has 162 valence electrons. The topological polar surface area (TPSA) is 142 Å². The molecule has 0 unspecified atom stereocenters. The van der Waals surface area contributed by atoms with Gasteiger partial charge in [0, 0.05) is 37.1 Å². The molecule has 2 aromatic carbocycles. The van der Waals surface area contributed by atoms with Gasteiger partial charge in [0.25, 0.3) is 0 Å². The highest BCUT2D eigenvalue weighted by Gasteiger charge is 2.24. The van der Waals surface area contributed by atoms with Crippen LogP contribution in [0.3, 0.4) is 0 Å². The van der Waals surface area contributed by atoms with Gasteiger partial charge in [-0.3, -0.25) is 18.7 Å². The maximum atomic E-state index is 12.0. The first-order valence-electron chi connectivity index (χ1n) is 10.2. The van der Waals surface area contributed by atoms with Crippen molar-refractivity contribution < 1.29 is 14.8 Å². The van der Waals surface area contributed by atoms with E-state index in [4.69, 9.17) is 5.21 Å². The molecule has 0 radical (unpaired) electrons. The molecule has 4 heterocycles. The molecule has 0 bridgehead atoms. The van der Waals surface area contributed by atoms with Gasteiger partial charge in [0.05, 0.1) is 22.1 Å². The Morgan fingerprint density at radius 2 is 1.38 bits per heavy atom. The highest BCUT2D eigenvalue weighted by molar-refractivity contribution is 6.47. The van der Waals surface area contributed by atoms with Crippen molar-refractivity contribution in [3.05, 3.63) is 68.5 Å². The standard InChI is InChI=1S/C11H9N3O3.C11H10N2O2/c15-10-6-2-1-3-7-9(6)14(11(16)12-7)5-4-8(10)13-17;14-9-5-2-6-13-10-7(9)3-1-4-8(10)12-11(13)15/h1-3,17H,4-5H2,(H,12,16);1,3-4H,2,5-6H2,(H,12,15)/b13-8-;. The molecule has 6 rings (SSSR count). The third-order valence-corrected chi connectivity index (χ3v) is 5.87. The molecular formula is C22H19N5O5. The van der Waals surface area contributed by atoms with Gasteiger partial charge in [-0.15, -0.1) is 0 Å². The molecule has 2 aliphatic rings. The molecule has 0 atom stereocenters. The molecule has 0 amide bonds. The normalized spacial score (nSPS) is 16.7. The number of hydrogen-bond donors (Lipinski definition) is 3. The van der Waals surface area contributed by atoms with E-state index in [0.29, 0.717) is 41.7 Å². The maximum Gasteiger partial charge on any atom is 0.326 e. The van der Waals surface area contributed by atoms with Crippen LogP contribution in [-0.2, 0) is 13.1 Å². The predicted molar refractivity (Wildman–Crippen MR) is 117 cm³/mol. The first kappa shape index (κ1) is 19.7. The smallest absolute Gasteiger partial charge is 0.326 e. The summed E-state index contributed by atoms with van der Waals surface area (Å²) in [6.07, 6.45) is 1.51. The zero-order valence-corrected chi connectivity index (χ0v) is 16.9. The Kier molecular flexibility index (Phi) is 4.62. The third kappa shape index (κ3) is 2.99. The molecule has 0 saturated heterocycles. The van der Waals surface area contributed by atoms with E-state index in [0.717, 1.165) is 17.5 Å². The summed E-state index contributed by atoms with van der Waals surface area (Å²) in [5, 5.41) is 11.8. The molecule has 0 spiro atoms. The van der Waals surface area contributed by atoms with Crippen molar-refractivity contribution in [1.82, 2.24) is 19.1 Å². The molecule has 3 N–H and O–H groups in total. The Morgan fingerprint density at radius 1 is 0.781 bits per heavy atom. The molecule has 2 aliphatic heterocycles. The Bertz CT molecular complexity index is 1550. The van der Waals surface area contributed by atoms with Gasteiger partial charge in [-0.1, -0.05) is 17.3 Å². The van der Waals surface area contributed by atoms with Crippen LogP contribution in [0.1, 0.15) is 40.0 Å². The lowest BCUT2D eigenvalue weighted by Crippen LogP contribution is -2.18. The van der Waals surface area contributed by atoms with E-state index < -0.39 is 0 Å². The number of ketones is 2. The lowest BCUT2D eigenvalue weighted by molar-refractivity contribution is 0.0982. The van der Waals surface area contributed by atoms with Crippen LogP contribution < -0.4 is 11.4 Å². The fourth-order valence-electron chi connectivity index (χ4n) is 4.39. The van der Waals surface area contributed by atoms with Gasteiger partial charge >= 0.3 is 11.4 Å². The van der Waals surface area contributed by atoms with Crippen LogP contribution in [0.15, 0.2) is 51.1 Å². The number of nitrogens with zero attached hydrogens (tertiary/aromatic N) is 3. The summed E-state index contributed by atoms with van der Waals surface area (Å²) < 4.78 is 3.16. The van der Waals surface area contributed by atoms with Crippen molar-refractivity contribution in [3.8, 4) is 0 Å². The van der Waals surface area contributed by atoms with Crippen molar-refractivity contribution in [2.75, 3.05) is 0 Å². The number of Topliss-reactive ketones (excluding diaryl/α,β-unsaturated/α-hetero) is 2. The number of aryl methyl sites for hydroxylation is 2. The summed E-state index contributed by atoms with van der Waals surface area (Å²) in [7, 11) is 0. The van der Waals surface area contributed by atoms with Crippen molar-refractivity contribution in [2.45, 2.75) is 32.4 Å². The fraction of sp³-hybridized carbons (Fsp3) is 0.227. The number of rotatable bonds is 0. The van der Waals surface area contributed by atoms with Crippen LogP contribution in [-0.4, -0.2) is 41.6 Å². The first-order chi connectivity index (χ1) is 15.5. The van der Waals surface area contributed by atoms with Gasteiger partial charge in [0.1, 0.15) is 5.71 Å². The minimum absolute atomic E-state index is 0.0839. The van der Waals surface area contributed by atoms with Gasteiger partial charge in [-0.25, -0.2) is 9.59 Å². The minimum atomic E-state index is -0.330. The predicted octanol–water partition coefficient (Wildman–Crippen LogP) is 2.05. The van der Waals surface area contributed by atoms with Gasteiger partial charge in [0.15, 0.2) is 5.78 Å². The monoisotopic (exact) mass is 433 g/mol. The second-order valence-corrected chi connectivity index (χ2v) is 7.72. The SMILES string of the molecule is O=C1/C(=N\O)CCn2c(=O)[nH]c3cccc1c32.O=C1CCCn2c(=O)[nH]c3cccc1c32. The Hall–Kier alpha value is -4.21. The second-order valence-electron chi connectivity index (χ2n) is 7.72. The van der Waals surface area contributed by atoms with Crippen LogP contribution in [0, 0.1) is 0 Å². The van der Waals surface area contributed by atoms with E-state index in [-0.39, 0.29) is 35.1 Å². The lowest BCUT2D eigenvalue weighted by Gasteiger charge is -1.99. The molecule has 0 aliphatic carbocycles. The highest BCUT2D eigenvalue weighted by Crippen LogP contribution is 2.22. The minimum Gasteiger partial charge on any atom is -0.411 e. The van der Waals surface area contributed by atoms with Crippen molar-refractivity contribution >= 4 is 39.3 Å². The van der Waals surface area contributed by atoms with Gasteiger partial charge in [-0.2, -0.15) is 0 Å². The van der Waals surface area contributed by atoms with E-state index >= 15 is 0 Å². The summed E-state index contributed by atoms with van der Waals surface area (Å²) >= 11 is 0. The summed E-state index contributed by atoms with van der Waals surface area (Å²) in [5.74, 6) is -0.200. The van der Waals surface area contributed by atoms with Crippen molar-refractivity contribution in [1.29, 1.82) is 0 Å². The fourth-order valence-corrected chi connectivity index (χ4v) is 4.39. The van der Waals surface area contributed by atoms with E-state index in [2.05, 4.69) is 15.1 Å². The first-order valence-corrected chi connectivity index (χ1v) is 10.2. The zero-order valence-electron chi connectivity index (χ0n) is 16.9. The number of hydrogen-bond acceptors (Lipinski definition) is 6. The van der Waals surface area contributed by atoms with Gasteiger partial charge in [0.2, 0.25) is 5.78 Å². The van der Waals surface area contributed by atoms with Crippen LogP contribution in [0.4, 0.5) is 0 Å². The molecule has 2 aromatic heterocycles. The largest absolute Gasteiger partial charge is 0.411 e. The molecule has 4 aromatic rings. The summed E-state index contributed by atoms with van der Waals surface area (Å²) in [6.45, 7) is 0.961. The number of para-hydroxylation sites is 2. The Balaban J connectivity index is 0.000000136. The summed E-state index contributed by atoms with van der Waals surface area (Å²) in [4.78, 5) is 52.6. The van der Waals surface area contributed by atoms with Crippen LogP contribution in [0.25, 0.3) is 22.1 Å². The third-order valence-electron chi connectivity index (χ3n) is 5.87. The quantitative estimate of drug-likeness (QED) is 0.287. The number of aromatic amines is 2. The average Bonchev–Trinajstić information content (AvgIpc) is 3.15. The van der Waals surface area contributed by atoms with Gasteiger partial charge in [-0.05, 0) is 30.7 Å². The van der Waals surface area contributed by atoms with Crippen molar-refractivity contribution in [2.24, 2.45) is 5.16 Å². The van der Waals surface area contributed by atoms with Crippen LogP contribution in [0.5, 0.6) is 0 Å². The van der Waals surface area contributed by atoms with Crippen LogP contribution in [0.2, 0.25) is 0 Å². The van der Waals surface area contributed by atoms with E-state index in [9.17, 15) is 19.2 Å². The molecule has 10 heteroatoms. The number of H-pyrrole nitrogens is 2. The number of benzene rings is 2. The maximum absolute atomic E-state index is 12.0. The van der Waals surface area contributed by atoms with E-state index in [1.54, 1.807) is 34.9 Å². The lowest BCUT2D eigenvalue weighted by atomic mass is 10.1. The van der Waals surface area contributed by atoms with Crippen molar-refractivity contribution in [3.63, 3.8) is 0 Å².